The van der Waals surface area contributed by atoms with Crippen LogP contribution < -0.4 is 9.47 Å². The number of carbonyl (C=O) groups excluding carboxylic acids is 1. The molecule has 8 heteroatoms. The van der Waals surface area contributed by atoms with Crippen molar-refractivity contribution in [1.29, 1.82) is 0 Å². The van der Waals surface area contributed by atoms with Crippen molar-refractivity contribution in [3.63, 3.8) is 0 Å². The van der Waals surface area contributed by atoms with Gasteiger partial charge in [0, 0.05) is 32.7 Å². The lowest BCUT2D eigenvalue weighted by Crippen LogP contribution is -2.49. The minimum atomic E-state index is 0.128. The summed E-state index contributed by atoms with van der Waals surface area (Å²) in [7, 11) is 0. The summed E-state index contributed by atoms with van der Waals surface area (Å²) >= 11 is 1.78. The van der Waals surface area contributed by atoms with E-state index in [1.54, 1.807) is 11.3 Å². The smallest absolute Gasteiger partial charge is 0.237 e. The van der Waals surface area contributed by atoms with Gasteiger partial charge in [0.05, 0.1) is 29.3 Å². The van der Waals surface area contributed by atoms with Gasteiger partial charge in [-0.3, -0.25) is 14.6 Å². The van der Waals surface area contributed by atoms with Crippen molar-refractivity contribution in [3.8, 4) is 11.5 Å². The average molecular weight is 479 g/mol. The van der Waals surface area contributed by atoms with Crippen LogP contribution in [-0.2, 0) is 11.3 Å². The van der Waals surface area contributed by atoms with Gasteiger partial charge >= 0.3 is 0 Å². The van der Waals surface area contributed by atoms with Gasteiger partial charge in [-0.05, 0) is 42.7 Å². The molecule has 1 amide bonds. The van der Waals surface area contributed by atoms with Gasteiger partial charge in [-0.25, -0.2) is 4.98 Å². The molecule has 2 saturated heterocycles. The van der Waals surface area contributed by atoms with Crippen molar-refractivity contribution >= 4 is 27.5 Å². The van der Waals surface area contributed by atoms with Crippen LogP contribution in [0.4, 0.5) is 0 Å². The van der Waals surface area contributed by atoms with Crippen molar-refractivity contribution in [2.45, 2.75) is 25.4 Å². The summed E-state index contributed by atoms with van der Waals surface area (Å²) in [5.74, 6) is 1.83. The normalized spacial score (nSPS) is 21.3. The highest BCUT2D eigenvalue weighted by atomic mass is 32.1. The Morgan fingerprint density at radius 1 is 0.971 bits per heavy atom. The van der Waals surface area contributed by atoms with E-state index in [2.05, 4.69) is 45.0 Å². The molecule has 178 valence electrons. The number of piperazine rings is 1. The van der Waals surface area contributed by atoms with Crippen LogP contribution in [0, 0.1) is 0 Å². The number of fused-ring (bicyclic) bond motifs is 2. The standard InChI is InChI=1S/C26H30N4O3S/c31-26(30-9-3-5-21(30)19-7-8-22-23(16-19)33-15-14-32-22)18-29-12-10-28(11-13-29)17-25-27-20-4-1-2-6-24(20)34-25/h1-2,4,6-8,16,21H,3,5,9-15,17-18H2. The molecule has 1 aromatic heterocycles. The molecule has 3 aromatic rings. The monoisotopic (exact) mass is 478 g/mol. The molecule has 4 heterocycles. The number of amides is 1. The third kappa shape index (κ3) is 4.50. The molecule has 1 unspecified atom stereocenters. The van der Waals surface area contributed by atoms with Crippen LogP contribution >= 0.6 is 11.3 Å². The fourth-order valence-electron chi connectivity index (χ4n) is 5.25. The molecular weight excluding hydrogens is 448 g/mol. The first-order valence-corrected chi connectivity index (χ1v) is 13.0. The SMILES string of the molecule is O=C(CN1CCN(Cc2nc3ccccc3s2)CC1)N1CCCC1c1ccc2c(c1)OCCO2. The van der Waals surface area contributed by atoms with Crippen LogP contribution in [0.1, 0.15) is 29.5 Å². The Kier molecular flexibility index (Phi) is 6.11. The van der Waals surface area contributed by atoms with E-state index in [0.717, 1.165) is 74.7 Å². The number of nitrogens with zero attached hydrogens (tertiary/aromatic N) is 4. The van der Waals surface area contributed by atoms with Crippen LogP contribution in [0.15, 0.2) is 42.5 Å². The first-order chi connectivity index (χ1) is 16.7. The number of carbonyl (C=O) groups is 1. The van der Waals surface area contributed by atoms with Gasteiger partial charge in [0.25, 0.3) is 0 Å². The Hall–Kier alpha value is -2.68. The molecule has 1 atom stereocenters. The fraction of sp³-hybridized carbons (Fsp3) is 0.462. The Morgan fingerprint density at radius 2 is 1.76 bits per heavy atom. The molecule has 3 aliphatic rings. The Labute approximate surface area is 203 Å². The molecule has 6 rings (SSSR count). The van der Waals surface area contributed by atoms with Crippen molar-refractivity contribution in [1.82, 2.24) is 19.7 Å². The number of likely N-dealkylation sites (tertiary alicyclic amines) is 1. The zero-order valence-electron chi connectivity index (χ0n) is 19.3. The Bertz CT molecular complexity index is 1140. The molecule has 0 N–H and O–H groups in total. The molecule has 0 bridgehead atoms. The summed E-state index contributed by atoms with van der Waals surface area (Å²) in [6, 6.07) is 14.6. The fourth-order valence-corrected chi connectivity index (χ4v) is 6.26. The van der Waals surface area contributed by atoms with Gasteiger partial charge in [0.1, 0.15) is 18.2 Å². The lowest BCUT2D eigenvalue weighted by molar-refractivity contribution is -0.133. The van der Waals surface area contributed by atoms with Gasteiger partial charge in [-0.2, -0.15) is 0 Å². The van der Waals surface area contributed by atoms with Crippen LogP contribution in [0.25, 0.3) is 10.2 Å². The quantitative estimate of drug-likeness (QED) is 0.559. The van der Waals surface area contributed by atoms with E-state index in [1.165, 1.54) is 9.71 Å². The molecule has 0 radical (unpaired) electrons. The summed E-state index contributed by atoms with van der Waals surface area (Å²) in [5, 5.41) is 1.17. The maximum absolute atomic E-state index is 13.3. The number of rotatable bonds is 5. The largest absolute Gasteiger partial charge is 0.486 e. The van der Waals surface area contributed by atoms with E-state index in [-0.39, 0.29) is 11.9 Å². The zero-order valence-corrected chi connectivity index (χ0v) is 20.1. The van der Waals surface area contributed by atoms with Crippen molar-refractivity contribution in [2.24, 2.45) is 0 Å². The molecule has 2 fully saturated rings. The number of hydrogen-bond acceptors (Lipinski definition) is 7. The summed E-state index contributed by atoms with van der Waals surface area (Å²) in [6.07, 6.45) is 2.04. The molecule has 0 aliphatic carbocycles. The second-order valence-electron chi connectivity index (χ2n) is 9.28. The minimum absolute atomic E-state index is 0.128. The first-order valence-electron chi connectivity index (χ1n) is 12.2. The third-order valence-corrected chi connectivity index (χ3v) is 8.07. The Balaban J connectivity index is 1.04. The van der Waals surface area contributed by atoms with Gasteiger partial charge in [-0.1, -0.05) is 18.2 Å². The van der Waals surface area contributed by atoms with Crippen molar-refractivity contribution in [2.75, 3.05) is 52.5 Å². The summed E-state index contributed by atoms with van der Waals surface area (Å²) in [6.45, 7) is 7.15. The molecule has 7 nitrogen and oxygen atoms in total. The summed E-state index contributed by atoms with van der Waals surface area (Å²) in [4.78, 5) is 24.9. The predicted molar refractivity (Wildman–Crippen MR) is 132 cm³/mol. The van der Waals surface area contributed by atoms with Gasteiger partial charge in [0.15, 0.2) is 11.5 Å². The third-order valence-electron chi connectivity index (χ3n) is 7.04. The van der Waals surface area contributed by atoms with Gasteiger partial charge < -0.3 is 14.4 Å². The molecule has 34 heavy (non-hydrogen) atoms. The van der Waals surface area contributed by atoms with Gasteiger partial charge in [0.2, 0.25) is 5.91 Å². The van der Waals surface area contributed by atoms with E-state index in [4.69, 9.17) is 14.5 Å². The highest BCUT2D eigenvalue weighted by Crippen LogP contribution is 2.38. The number of aromatic nitrogens is 1. The number of hydrogen-bond donors (Lipinski definition) is 0. The lowest BCUT2D eigenvalue weighted by Gasteiger charge is -2.35. The maximum atomic E-state index is 13.3. The number of ether oxygens (including phenoxy) is 2. The number of benzene rings is 2. The summed E-state index contributed by atoms with van der Waals surface area (Å²) < 4.78 is 12.7. The minimum Gasteiger partial charge on any atom is -0.486 e. The molecular formula is C26H30N4O3S. The predicted octanol–water partition coefficient (Wildman–Crippen LogP) is 3.55. The second-order valence-corrected chi connectivity index (χ2v) is 10.4. The zero-order chi connectivity index (χ0) is 22.9. The highest BCUT2D eigenvalue weighted by Gasteiger charge is 2.32. The van der Waals surface area contributed by atoms with E-state index in [0.29, 0.717) is 19.8 Å². The molecule has 0 saturated carbocycles. The van der Waals surface area contributed by atoms with Crippen molar-refractivity contribution in [3.05, 3.63) is 53.0 Å². The number of thiazole rings is 1. The Morgan fingerprint density at radius 3 is 2.62 bits per heavy atom. The molecule has 0 spiro atoms. The van der Waals surface area contributed by atoms with Crippen LogP contribution in [0.2, 0.25) is 0 Å². The van der Waals surface area contributed by atoms with Crippen LogP contribution in [0.5, 0.6) is 11.5 Å². The van der Waals surface area contributed by atoms with Gasteiger partial charge in [-0.15, -0.1) is 11.3 Å². The molecule has 3 aliphatic heterocycles. The lowest BCUT2D eigenvalue weighted by atomic mass is 10.0. The first kappa shape index (κ1) is 21.8. The van der Waals surface area contributed by atoms with E-state index >= 15 is 0 Å². The van der Waals surface area contributed by atoms with Crippen LogP contribution in [-0.4, -0.2) is 78.1 Å². The average Bonchev–Trinajstić information content (AvgIpc) is 3.52. The van der Waals surface area contributed by atoms with Crippen molar-refractivity contribution < 1.29 is 14.3 Å². The summed E-state index contributed by atoms with van der Waals surface area (Å²) in [5.41, 5.74) is 2.24. The molecule has 2 aromatic carbocycles. The number of para-hydroxylation sites is 1. The highest BCUT2D eigenvalue weighted by molar-refractivity contribution is 7.18. The maximum Gasteiger partial charge on any atom is 0.237 e. The van der Waals surface area contributed by atoms with Crippen LogP contribution in [0.3, 0.4) is 0 Å². The van der Waals surface area contributed by atoms with E-state index in [1.807, 2.05) is 12.1 Å². The second kappa shape index (κ2) is 9.52. The topological polar surface area (TPSA) is 58.1 Å². The van der Waals surface area contributed by atoms with E-state index in [9.17, 15) is 4.79 Å². The van der Waals surface area contributed by atoms with E-state index < -0.39 is 0 Å².